The number of carbonyl (C=O) groups excluding carboxylic acids is 1. The number of hydrogen-bond acceptors (Lipinski definition) is 6. The van der Waals surface area contributed by atoms with E-state index in [1.54, 1.807) is 6.20 Å². The van der Waals surface area contributed by atoms with E-state index in [1.807, 2.05) is 23.1 Å². The van der Waals surface area contributed by atoms with Gasteiger partial charge in [-0.1, -0.05) is 0 Å². The molecule has 0 aliphatic carbocycles. The van der Waals surface area contributed by atoms with Gasteiger partial charge >= 0.3 is 0 Å². The van der Waals surface area contributed by atoms with Crippen LogP contribution in [0.3, 0.4) is 0 Å². The molecule has 31 heavy (non-hydrogen) atoms. The summed E-state index contributed by atoms with van der Waals surface area (Å²) in [6.07, 6.45) is 8.17. The normalized spacial score (nSPS) is 17.3. The standard InChI is InChI=1S/C23H27FN6O/c24-3-6-29-7-8-30-23(16-29)21(13-27-30)18-9-17-10-19(25-14-22(17)26-12-18)11-20(31)15-28-4-1-2-5-28/h9-10,12-14H,1-8,11,15-16H2. The molecule has 0 radical (unpaired) electrons. The van der Waals surface area contributed by atoms with Crippen molar-refractivity contribution in [2.24, 2.45) is 0 Å². The third-order valence-electron chi connectivity index (χ3n) is 6.26. The molecule has 162 valence electrons. The maximum atomic E-state index is 12.8. The van der Waals surface area contributed by atoms with E-state index >= 15 is 0 Å². The van der Waals surface area contributed by atoms with Gasteiger partial charge in [0, 0.05) is 48.0 Å². The fourth-order valence-corrected chi connectivity index (χ4v) is 4.62. The van der Waals surface area contributed by atoms with Gasteiger partial charge in [0.05, 0.1) is 43.1 Å². The van der Waals surface area contributed by atoms with Gasteiger partial charge in [-0.2, -0.15) is 5.10 Å². The maximum Gasteiger partial charge on any atom is 0.152 e. The van der Waals surface area contributed by atoms with Crippen molar-refractivity contribution in [2.75, 3.05) is 39.4 Å². The van der Waals surface area contributed by atoms with Gasteiger partial charge in [0.25, 0.3) is 0 Å². The van der Waals surface area contributed by atoms with Crippen LogP contribution in [0.5, 0.6) is 0 Å². The predicted molar refractivity (Wildman–Crippen MR) is 116 cm³/mol. The molecule has 0 atom stereocenters. The monoisotopic (exact) mass is 422 g/mol. The first kappa shape index (κ1) is 20.2. The minimum absolute atomic E-state index is 0.205. The highest BCUT2D eigenvalue weighted by Crippen LogP contribution is 2.28. The number of fused-ring (bicyclic) bond motifs is 2. The fourth-order valence-electron chi connectivity index (χ4n) is 4.62. The quantitative estimate of drug-likeness (QED) is 0.583. The minimum Gasteiger partial charge on any atom is -0.298 e. The SMILES string of the molecule is O=C(Cc1cc2cc(-c3cnn4c3CN(CCF)CC4)cnc2cn1)CN1CCCC1. The number of pyridine rings is 2. The van der Waals surface area contributed by atoms with Gasteiger partial charge in [-0.05, 0) is 38.1 Å². The molecular formula is C23H27FN6O. The Morgan fingerprint density at radius 1 is 1.00 bits per heavy atom. The molecule has 1 saturated heterocycles. The molecule has 0 saturated carbocycles. The summed E-state index contributed by atoms with van der Waals surface area (Å²) in [5, 5.41) is 5.49. The van der Waals surface area contributed by atoms with Crippen LogP contribution in [-0.4, -0.2) is 74.7 Å². The summed E-state index contributed by atoms with van der Waals surface area (Å²) in [5.74, 6) is 0.205. The number of ketones is 1. The number of hydrogen-bond donors (Lipinski definition) is 0. The van der Waals surface area contributed by atoms with E-state index in [4.69, 9.17) is 0 Å². The molecule has 1 fully saturated rings. The highest BCUT2D eigenvalue weighted by Gasteiger charge is 2.21. The van der Waals surface area contributed by atoms with Gasteiger partial charge in [-0.3, -0.25) is 29.2 Å². The van der Waals surface area contributed by atoms with Gasteiger partial charge in [0.15, 0.2) is 5.78 Å². The van der Waals surface area contributed by atoms with Gasteiger partial charge in [0.1, 0.15) is 6.67 Å². The number of nitrogens with zero attached hydrogens (tertiary/aromatic N) is 6. The second-order valence-electron chi connectivity index (χ2n) is 8.48. The molecule has 0 bridgehead atoms. The first-order valence-electron chi connectivity index (χ1n) is 11.0. The molecule has 2 aliphatic rings. The number of halogens is 1. The zero-order valence-electron chi connectivity index (χ0n) is 17.6. The Labute approximate surface area is 180 Å². The molecule has 5 rings (SSSR count). The second kappa shape index (κ2) is 8.80. The zero-order chi connectivity index (χ0) is 21.2. The van der Waals surface area contributed by atoms with Gasteiger partial charge in [-0.15, -0.1) is 0 Å². The van der Waals surface area contributed by atoms with Crippen LogP contribution in [0.2, 0.25) is 0 Å². The maximum absolute atomic E-state index is 12.8. The van der Waals surface area contributed by atoms with Crippen molar-refractivity contribution in [1.82, 2.24) is 29.5 Å². The van der Waals surface area contributed by atoms with Crippen molar-refractivity contribution in [3.8, 4) is 11.1 Å². The second-order valence-corrected chi connectivity index (χ2v) is 8.48. The number of aromatic nitrogens is 4. The molecule has 3 aromatic rings. The first-order valence-corrected chi connectivity index (χ1v) is 11.0. The van der Waals surface area contributed by atoms with Crippen LogP contribution in [-0.2, 0) is 24.3 Å². The smallest absolute Gasteiger partial charge is 0.152 e. The molecule has 7 nitrogen and oxygen atoms in total. The highest BCUT2D eigenvalue weighted by atomic mass is 19.1. The topological polar surface area (TPSA) is 67.2 Å². The van der Waals surface area contributed by atoms with Crippen LogP contribution in [0.15, 0.2) is 30.7 Å². The zero-order valence-corrected chi connectivity index (χ0v) is 17.6. The lowest BCUT2D eigenvalue weighted by Gasteiger charge is -2.27. The minimum atomic E-state index is -0.340. The number of likely N-dealkylation sites (tertiary alicyclic amines) is 1. The largest absolute Gasteiger partial charge is 0.298 e. The first-order chi connectivity index (χ1) is 15.2. The average molecular weight is 423 g/mol. The van der Waals surface area contributed by atoms with Crippen LogP contribution in [0.1, 0.15) is 24.2 Å². The third kappa shape index (κ3) is 4.36. The summed E-state index contributed by atoms with van der Waals surface area (Å²) in [6.45, 7) is 4.91. The number of carbonyl (C=O) groups is 1. The highest BCUT2D eigenvalue weighted by molar-refractivity contribution is 5.86. The van der Waals surface area contributed by atoms with Crippen molar-refractivity contribution in [3.63, 3.8) is 0 Å². The third-order valence-corrected chi connectivity index (χ3v) is 6.26. The average Bonchev–Trinajstić information content (AvgIpc) is 3.43. The molecule has 0 amide bonds. The van der Waals surface area contributed by atoms with Crippen molar-refractivity contribution in [1.29, 1.82) is 0 Å². The van der Waals surface area contributed by atoms with Crippen molar-refractivity contribution in [3.05, 3.63) is 42.1 Å². The fraction of sp³-hybridized carbons (Fsp3) is 0.478. The molecule has 3 aromatic heterocycles. The molecule has 2 aliphatic heterocycles. The van der Waals surface area contributed by atoms with E-state index in [2.05, 4.69) is 30.9 Å². The van der Waals surface area contributed by atoms with Gasteiger partial charge < -0.3 is 0 Å². The molecular weight excluding hydrogens is 395 g/mol. The summed E-state index contributed by atoms with van der Waals surface area (Å²) in [7, 11) is 0. The van der Waals surface area contributed by atoms with E-state index < -0.39 is 0 Å². The number of Topliss-reactive ketones (excluding diaryl/α,β-unsaturated/α-hetero) is 1. The van der Waals surface area contributed by atoms with Crippen molar-refractivity contribution < 1.29 is 9.18 Å². The Kier molecular flexibility index (Phi) is 5.74. The summed E-state index contributed by atoms with van der Waals surface area (Å²) in [4.78, 5) is 25.8. The Balaban J connectivity index is 1.37. The lowest BCUT2D eigenvalue weighted by molar-refractivity contribution is -0.119. The molecule has 0 spiro atoms. The van der Waals surface area contributed by atoms with E-state index in [9.17, 15) is 9.18 Å². The molecule has 5 heterocycles. The van der Waals surface area contributed by atoms with E-state index in [1.165, 1.54) is 12.8 Å². The van der Waals surface area contributed by atoms with Crippen LogP contribution in [0, 0.1) is 0 Å². The van der Waals surface area contributed by atoms with Gasteiger partial charge in [-0.25, -0.2) is 4.39 Å². The van der Waals surface area contributed by atoms with Crippen molar-refractivity contribution >= 4 is 16.7 Å². The van der Waals surface area contributed by atoms with Crippen LogP contribution < -0.4 is 0 Å². The molecule has 0 aromatic carbocycles. The summed E-state index contributed by atoms with van der Waals surface area (Å²) < 4.78 is 14.8. The number of rotatable bonds is 7. The lowest BCUT2D eigenvalue weighted by atomic mass is 10.0. The Morgan fingerprint density at radius 3 is 2.71 bits per heavy atom. The summed E-state index contributed by atoms with van der Waals surface area (Å²) in [6, 6.07) is 4.06. The summed E-state index contributed by atoms with van der Waals surface area (Å²) in [5.41, 5.74) is 4.69. The number of alkyl halides is 1. The van der Waals surface area contributed by atoms with E-state index in [0.717, 1.165) is 59.6 Å². The predicted octanol–water partition coefficient (Wildman–Crippen LogP) is 2.49. The van der Waals surface area contributed by atoms with E-state index in [0.29, 0.717) is 26.1 Å². The van der Waals surface area contributed by atoms with Crippen molar-refractivity contribution in [2.45, 2.75) is 32.4 Å². The molecule has 8 heteroatoms. The van der Waals surface area contributed by atoms with Crippen LogP contribution in [0.25, 0.3) is 22.0 Å². The summed E-state index contributed by atoms with van der Waals surface area (Å²) >= 11 is 0. The molecule has 0 unspecified atom stereocenters. The van der Waals surface area contributed by atoms with E-state index in [-0.39, 0.29) is 12.5 Å². The molecule has 0 N–H and O–H groups in total. The van der Waals surface area contributed by atoms with Gasteiger partial charge in [0.2, 0.25) is 0 Å². The Bertz CT molecular complexity index is 1090. The van der Waals surface area contributed by atoms with Crippen LogP contribution in [0.4, 0.5) is 4.39 Å². The lowest BCUT2D eigenvalue weighted by Crippen LogP contribution is -2.35. The Hall–Kier alpha value is -2.71. The van der Waals surface area contributed by atoms with Crippen LogP contribution >= 0.6 is 0 Å². The Morgan fingerprint density at radius 2 is 1.87 bits per heavy atom.